The zero-order valence-electron chi connectivity index (χ0n) is 6.03. The van der Waals surface area contributed by atoms with Crippen molar-refractivity contribution in [2.24, 2.45) is 0 Å². The zero-order chi connectivity index (χ0) is 6.99. The summed E-state index contributed by atoms with van der Waals surface area (Å²) in [7, 11) is 4.04. The Hall–Kier alpha value is 0.650. The Morgan fingerprint density at radius 3 is 1.75 bits per heavy atom. The van der Waals surface area contributed by atoms with Gasteiger partial charge in [0.15, 0.2) is 0 Å². The van der Waals surface area contributed by atoms with E-state index in [9.17, 15) is 0 Å². The van der Waals surface area contributed by atoms with Gasteiger partial charge in [-0.15, -0.1) is 0 Å². The number of nitrogens with zero attached hydrogens (tertiary/aromatic N) is 1. The Balaban J connectivity index is 0. The number of nitrogens with one attached hydrogen (secondary N) is 1. The predicted molar refractivity (Wildman–Crippen MR) is 47.1 cm³/mol. The van der Waals surface area contributed by atoms with Crippen LogP contribution in [0.1, 0.15) is 13.8 Å². The molecule has 0 bridgehead atoms. The van der Waals surface area contributed by atoms with Gasteiger partial charge in [-0.05, 0) is 14.1 Å². The fraction of sp³-hybridized carbons (Fsp3) is 1.00. The van der Waals surface area contributed by atoms with E-state index in [1.165, 1.54) is 0 Å². The molecule has 0 aliphatic rings. The maximum Gasteiger partial charge on any atom is 0.0564 e. The number of rotatable bonds is 2. The van der Waals surface area contributed by atoms with Crippen LogP contribution in [0, 0.1) is 0 Å². The van der Waals surface area contributed by atoms with Crippen molar-refractivity contribution >= 4 is 22.9 Å². The molecule has 0 atom stereocenters. The molecule has 2 nitrogen and oxygen atoms in total. The molecule has 0 heterocycles. The summed E-state index contributed by atoms with van der Waals surface area (Å²) in [6.45, 7) is 4.94. The van der Waals surface area contributed by atoms with Crippen LogP contribution in [-0.2, 0) is 0 Å². The molecule has 3 heteroatoms. The molecule has 1 N–H and O–H groups in total. The van der Waals surface area contributed by atoms with Crippen LogP contribution in [0.15, 0.2) is 0 Å². The first-order valence-corrected chi connectivity index (χ1v) is 3.83. The lowest BCUT2D eigenvalue weighted by molar-refractivity contribution is 0.413. The van der Waals surface area contributed by atoms with Crippen LogP contribution in [0.4, 0.5) is 0 Å². The smallest absolute Gasteiger partial charge is 0.0564 e. The van der Waals surface area contributed by atoms with Gasteiger partial charge in [0.1, 0.15) is 0 Å². The summed E-state index contributed by atoms with van der Waals surface area (Å²) in [5.74, 6) is 0. The molecule has 0 amide bonds. The molecular formula is C5H15IN2. The van der Waals surface area contributed by atoms with Crippen molar-refractivity contribution in [2.45, 2.75) is 13.8 Å². The highest BCUT2D eigenvalue weighted by Gasteiger charge is 1.78. The van der Waals surface area contributed by atoms with Crippen molar-refractivity contribution in [3.8, 4) is 0 Å². The van der Waals surface area contributed by atoms with Gasteiger partial charge >= 0.3 is 0 Å². The predicted octanol–water partition coefficient (Wildman–Crippen LogP) is 1.47. The van der Waals surface area contributed by atoms with E-state index in [0.29, 0.717) is 0 Å². The average Bonchev–Trinajstić information content (AvgIpc) is 1.72. The lowest BCUT2D eigenvalue weighted by atomic mass is 10.9. The van der Waals surface area contributed by atoms with Gasteiger partial charge in [-0.2, -0.15) is 0 Å². The van der Waals surface area contributed by atoms with Crippen molar-refractivity contribution in [3.63, 3.8) is 0 Å². The van der Waals surface area contributed by atoms with Crippen molar-refractivity contribution in [2.75, 3.05) is 20.8 Å². The van der Waals surface area contributed by atoms with E-state index in [2.05, 4.69) is 31.3 Å². The van der Waals surface area contributed by atoms with E-state index in [1.807, 2.05) is 27.9 Å². The fourth-order valence-electron chi connectivity index (χ4n) is 0.120. The first-order valence-electron chi connectivity index (χ1n) is 2.75. The van der Waals surface area contributed by atoms with Gasteiger partial charge in [-0.1, -0.05) is 13.8 Å². The van der Waals surface area contributed by atoms with Gasteiger partial charge in [-0.3, -0.25) is 4.90 Å². The van der Waals surface area contributed by atoms with Gasteiger partial charge < -0.3 is 0 Å². The molecule has 8 heavy (non-hydrogen) atoms. The Kier molecular flexibility index (Phi) is 15.2. The van der Waals surface area contributed by atoms with Crippen LogP contribution in [0.3, 0.4) is 0 Å². The molecule has 0 aromatic carbocycles. The quantitative estimate of drug-likeness (QED) is 0.439. The van der Waals surface area contributed by atoms with Gasteiger partial charge in [0, 0.05) is 22.9 Å². The van der Waals surface area contributed by atoms with E-state index >= 15 is 0 Å². The molecular weight excluding hydrogens is 215 g/mol. The largest absolute Gasteiger partial charge is 0.296 e. The normalized spacial score (nSPS) is 8.25. The monoisotopic (exact) mass is 230 g/mol. The summed E-state index contributed by atoms with van der Waals surface area (Å²) in [5, 5.41) is 0. The highest BCUT2D eigenvalue weighted by atomic mass is 127. The molecule has 0 saturated carbocycles. The maximum atomic E-state index is 2.96. The number of hydrogen-bond donors (Lipinski definition) is 1. The van der Waals surface area contributed by atoms with Crippen molar-refractivity contribution in [3.05, 3.63) is 0 Å². The topological polar surface area (TPSA) is 15.3 Å². The summed E-state index contributed by atoms with van der Waals surface area (Å²) in [4.78, 5) is 2.06. The van der Waals surface area contributed by atoms with Crippen LogP contribution >= 0.6 is 22.9 Å². The third-order valence-corrected chi connectivity index (χ3v) is 0.717. The van der Waals surface area contributed by atoms with E-state index in [0.717, 1.165) is 6.67 Å². The third-order valence-electron chi connectivity index (χ3n) is 0.376. The second-order valence-electron chi connectivity index (χ2n) is 1.37. The molecule has 0 aromatic rings. The van der Waals surface area contributed by atoms with E-state index in [1.54, 1.807) is 0 Å². The van der Waals surface area contributed by atoms with Crippen LogP contribution in [0.2, 0.25) is 0 Å². The van der Waals surface area contributed by atoms with Crippen LogP contribution in [0.5, 0.6) is 0 Å². The Morgan fingerprint density at radius 1 is 1.38 bits per heavy atom. The van der Waals surface area contributed by atoms with Gasteiger partial charge in [0.05, 0.1) is 6.67 Å². The van der Waals surface area contributed by atoms with Crippen LogP contribution in [0.25, 0.3) is 0 Å². The van der Waals surface area contributed by atoms with Crippen LogP contribution in [-0.4, -0.2) is 25.7 Å². The second-order valence-corrected chi connectivity index (χ2v) is 2.13. The molecule has 0 fully saturated rings. The Morgan fingerprint density at radius 2 is 1.75 bits per heavy atom. The standard InChI is InChI=1S/C3H9IN2.C2H6/c1-6(2)3-5-4;1-2/h5H,3H2,1-2H3;1-2H3. The summed E-state index contributed by atoms with van der Waals surface area (Å²) < 4.78 is 2.96. The summed E-state index contributed by atoms with van der Waals surface area (Å²) in [5.41, 5.74) is 0. The molecule has 0 rings (SSSR count). The summed E-state index contributed by atoms with van der Waals surface area (Å²) in [6, 6.07) is 0. The lowest BCUT2D eigenvalue weighted by Gasteiger charge is -2.04. The average molecular weight is 230 g/mol. The fourth-order valence-corrected chi connectivity index (χ4v) is 0.802. The summed E-state index contributed by atoms with van der Waals surface area (Å²) in [6.07, 6.45) is 0. The Bertz CT molecular complexity index is 31.6. The molecule has 0 radical (unpaired) electrons. The highest BCUT2D eigenvalue weighted by Crippen LogP contribution is 1.70. The minimum Gasteiger partial charge on any atom is -0.296 e. The molecule has 0 saturated heterocycles. The molecule has 0 spiro atoms. The second kappa shape index (κ2) is 10.6. The van der Waals surface area contributed by atoms with Gasteiger partial charge in [0.25, 0.3) is 0 Å². The maximum absolute atomic E-state index is 2.96. The number of halogens is 1. The minimum absolute atomic E-state index is 0.945. The first kappa shape index (κ1) is 11.4. The molecule has 52 valence electrons. The lowest BCUT2D eigenvalue weighted by Crippen LogP contribution is -2.20. The third kappa shape index (κ3) is 15.9. The van der Waals surface area contributed by atoms with Crippen molar-refractivity contribution in [1.82, 2.24) is 8.43 Å². The number of hydrogen-bond acceptors (Lipinski definition) is 2. The molecule has 0 aromatic heterocycles. The molecule has 0 aliphatic heterocycles. The van der Waals surface area contributed by atoms with Gasteiger partial charge in [-0.25, -0.2) is 3.53 Å². The van der Waals surface area contributed by atoms with E-state index < -0.39 is 0 Å². The first-order chi connectivity index (χ1) is 3.77. The molecule has 0 unspecified atom stereocenters. The minimum atomic E-state index is 0.945. The van der Waals surface area contributed by atoms with Crippen LogP contribution < -0.4 is 3.53 Å². The van der Waals surface area contributed by atoms with Gasteiger partial charge in [0.2, 0.25) is 0 Å². The molecule has 0 aliphatic carbocycles. The summed E-state index contributed by atoms with van der Waals surface area (Å²) >= 11 is 2.11. The van der Waals surface area contributed by atoms with E-state index in [4.69, 9.17) is 0 Å². The highest BCUT2D eigenvalue weighted by molar-refractivity contribution is 14.1. The SMILES string of the molecule is CC.CN(C)CNI. The zero-order valence-corrected chi connectivity index (χ0v) is 8.19. The Labute approximate surface area is 66.1 Å². The van der Waals surface area contributed by atoms with Crippen molar-refractivity contribution in [1.29, 1.82) is 0 Å². The van der Waals surface area contributed by atoms with E-state index in [-0.39, 0.29) is 0 Å². The van der Waals surface area contributed by atoms with Crippen molar-refractivity contribution < 1.29 is 0 Å².